The summed E-state index contributed by atoms with van der Waals surface area (Å²) in [6, 6.07) is 9.99. The number of cyclic esters (lactones) is 1. The van der Waals surface area contributed by atoms with Crippen molar-refractivity contribution in [3.05, 3.63) is 71.5 Å². The summed E-state index contributed by atoms with van der Waals surface area (Å²) < 4.78 is 14.0. The molecule has 0 saturated carbocycles. The molecule has 0 spiro atoms. The van der Waals surface area contributed by atoms with E-state index in [-0.39, 0.29) is 56.4 Å². The second-order valence-electron chi connectivity index (χ2n) is 20.1. The number of carbonyl (C=O) groups is 6. The first-order valence-corrected chi connectivity index (χ1v) is 23.9. The number of piperazine rings is 1. The molecule has 4 aliphatic rings. The van der Waals surface area contributed by atoms with Crippen molar-refractivity contribution in [3.8, 4) is 28.1 Å². The number of rotatable bonds is 12. The van der Waals surface area contributed by atoms with Gasteiger partial charge in [0.05, 0.1) is 32.0 Å². The van der Waals surface area contributed by atoms with Crippen molar-refractivity contribution < 1.29 is 43.3 Å². The zero-order chi connectivity index (χ0) is 49.5. The topological polar surface area (TPSA) is 218 Å². The molecular formula is C51H65N9O9. The molecule has 5 atom stereocenters. The number of hydrazine groups is 1. The summed E-state index contributed by atoms with van der Waals surface area (Å²) in [6.07, 6.45) is 5.01. The quantitative estimate of drug-likeness (QED) is 0.119. The Labute approximate surface area is 402 Å². The number of likely N-dealkylation sites (N-methyl/N-ethyl adjacent to an activating group) is 2. The largest absolute Gasteiger partial charge is 0.508 e. The molecule has 2 aromatic heterocycles. The van der Waals surface area contributed by atoms with Crippen LogP contribution in [0, 0.1) is 11.3 Å². The molecular weight excluding hydrogens is 883 g/mol. The first-order valence-electron chi connectivity index (χ1n) is 23.9. The number of likely N-dealkylation sites (tertiary alicyclic amines) is 1. The number of hydrogen-bond acceptors (Lipinski definition) is 12. The number of aromatic nitrogens is 2. The molecule has 4 aliphatic heterocycles. The fourth-order valence-corrected chi connectivity index (χ4v) is 10.2. The van der Waals surface area contributed by atoms with Gasteiger partial charge in [-0.3, -0.25) is 44.1 Å². The lowest BCUT2D eigenvalue weighted by molar-refractivity contribution is -0.155. The van der Waals surface area contributed by atoms with Gasteiger partial charge in [0, 0.05) is 87.6 Å². The van der Waals surface area contributed by atoms with Gasteiger partial charge in [0.2, 0.25) is 23.6 Å². The van der Waals surface area contributed by atoms with Crippen molar-refractivity contribution in [2.75, 3.05) is 54.0 Å². The summed E-state index contributed by atoms with van der Waals surface area (Å²) in [5.41, 5.74) is 9.56. The lowest BCUT2D eigenvalue weighted by Gasteiger charge is -2.37. The fourth-order valence-electron chi connectivity index (χ4n) is 10.2. The Balaban J connectivity index is 1.13. The summed E-state index contributed by atoms with van der Waals surface area (Å²) in [4.78, 5) is 91.1. The van der Waals surface area contributed by atoms with Gasteiger partial charge >= 0.3 is 5.97 Å². The van der Waals surface area contributed by atoms with Gasteiger partial charge in [0.15, 0.2) is 0 Å². The van der Waals surface area contributed by atoms with Crippen LogP contribution in [-0.4, -0.2) is 154 Å². The van der Waals surface area contributed by atoms with Gasteiger partial charge < -0.3 is 39.2 Å². The standard InChI is InChI=1S/C51H65N9O9/c1-9-59-41-13-12-31-21-35(41)36(46(59)37-23-52-15-14-32(37)27-68-8)22-51(4,5)28-69-50(67)38-11-10-16-60(55-38)48(65)39(19-30-17-33(31)20-34(61)18-30)54-47(64)45(29(2)3)57(7)43(63)25-56(6)42(62)26-58-24-40-44(53-40)49(58)66/h12-15,17-18,20-21,23,29,38-40,44-45,53,55,61H,9-11,16,19,22,24-28H2,1-8H3,(H,54,64)/t38-,39-,40-,44-,45-/m0/s1. The highest BCUT2D eigenvalue weighted by atomic mass is 16.5. The first kappa shape index (κ1) is 49.1. The van der Waals surface area contributed by atoms with E-state index in [2.05, 4.69) is 58.5 Å². The summed E-state index contributed by atoms with van der Waals surface area (Å²) in [5, 5.41) is 19.7. The number of phenolic OH excluding ortho intramolecular Hbond substituents is 1. The number of hydrogen-bond donors (Lipinski definition) is 4. The third-order valence-electron chi connectivity index (χ3n) is 13.8. The number of nitrogens with zero attached hydrogens (tertiary/aromatic N) is 6. The van der Waals surface area contributed by atoms with Crippen LogP contribution in [0.15, 0.2) is 54.9 Å². The highest BCUT2D eigenvalue weighted by Crippen LogP contribution is 2.41. The third-order valence-corrected chi connectivity index (χ3v) is 13.8. The van der Waals surface area contributed by atoms with Crippen LogP contribution in [0.1, 0.15) is 64.2 Å². The van der Waals surface area contributed by atoms with E-state index in [0.717, 1.165) is 38.9 Å². The first-order chi connectivity index (χ1) is 32.9. The fraction of sp³-hybridized carbons (Fsp3) is 0.510. The molecule has 5 amide bonds. The maximum Gasteiger partial charge on any atom is 0.324 e. The van der Waals surface area contributed by atoms with E-state index < -0.39 is 59.1 Å². The van der Waals surface area contributed by atoms with E-state index in [1.807, 2.05) is 24.4 Å². The third kappa shape index (κ3) is 10.3. The summed E-state index contributed by atoms with van der Waals surface area (Å²) >= 11 is 0. The van der Waals surface area contributed by atoms with Crippen LogP contribution in [0.5, 0.6) is 5.75 Å². The average molecular weight is 948 g/mol. The Morgan fingerprint density at radius 2 is 1.83 bits per heavy atom. The van der Waals surface area contributed by atoms with Crippen molar-refractivity contribution in [2.45, 2.75) is 104 Å². The number of carbonyl (C=O) groups excluding carboxylic acids is 6. The van der Waals surface area contributed by atoms with E-state index in [0.29, 0.717) is 50.1 Å². The molecule has 0 aliphatic carbocycles. The van der Waals surface area contributed by atoms with E-state index in [1.165, 1.54) is 33.8 Å². The monoisotopic (exact) mass is 947 g/mol. The smallest absolute Gasteiger partial charge is 0.324 e. The zero-order valence-corrected chi connectivity index (χ0v) is 40.8. The molecule has 69 heavy (non-hydrogen) atoms. The van der Waals surface area contributed by atoms with Gasteiger partial charge in [-0.05, 0) is 90.3 Å². The van der Waals surface area contributed by atoms with Gasteiger partial charge in [-0.15, -0.1) is 0 Å². The number of aryl methyl sites for hydroxylation is 1. The van der Waals surface area contributed by atoms with Crippen LogP contribution in [0.25, 0.3) is 33.3 Å². The molecule has 0 radical (unpaired) electrons. The molecule has 3 fully saturated rings. The molecule has 8 rings (SSSR count). The van der Waals surface area contributed by atoms with Gasteiger partial charge in [-0.25, -0.2) is 5.43 Å². The predicted molar refractivity (Wildman–Crippen MR) is 257 cm³/mol. The molecule has 6 bridgehead atoms. The Kier molecular flexibility index (Phi) is 14.2. The zero-order valence-electron chi connectivity index (χ0n) is 40.8. The molecule has 368 valence electrons. The lowest BCUT2D eigenvalue weighted by atomic mass is 9.84. The number of methoxy groups -OCH3 is 1. The number of nitrogens with one attached hydrogen (secondary N) is 3. The van der Waals surface area contributed by atoms with Crippen molar-refractivity contribution in [2.24, 2.45) is 11.3 Å². The van der Waals surface area contributed by atoms with Crippen LogP contribution in [-0.2, 0) is 64.2 Å². The summed E-state index contributed by atoms with van der Waals surface area (Å²) in [7, 11) is 4.63. The number of pyridine rings is 1. The average Bonchev–Trinajstić information content (AvgIpc) is 3.94. The number of aromatic hydroxyl groups is 1. The molecule has 3 saturated heterocycles. The van der Waals surface area contributed by atoms with Crippen molar-refractivity contribution >= 4 is 46.4 Å². The Hall–Kier alpha value is -6.37. The number of esters is 1. The van der Waals surface area contributed by atoms with E-state index >= 15 is 0 Å². The lowest BCUT2D eigenvalue weighted by Crippen LogP contribution is -2.62. The molecule has 2 aromatic carbocycles. The second kappa shape index (κ2) is 19.9. The number of ether oxygens (including phenoxy) is 2. The van der Waals surface area contributed by atoms with Gasteiger partial charge in [-0.2, -0.15) is 0 Å². The van der Waals surface area contributed by atoms with Crippen LogP contribution in [0.4, 0.5) is 0 Å². The minimum absolute atomic E-state index is 0.0344. The maximum atomic E-state index is 14.7. The summed E-state index contributed by atoms with van der Waals surface area (Å²) in [6.45, 7) is 11.1. The normalized spacial score (nSPS) is 21.7. The molecule has 4 N–H and O–H groups in total. The molecule has 6 heterocycles. The highest BCUT2D eigenvalue weighted by Gasteiger charge is 2.52. The minimum atomic E-state index is -1.21. The Morgan fingerprint density at radius 1 is 1.04 bits per heavy atom. The number of amides is 5. The van der Waals surface area contributed by atoms with Crippen molar-refractivity contribution in [1.29, 1.82) is 0 Å². The maximum absolute atomic E-state index is 14.7. The predicted octanol–water partition coefficient (Wildman–Crippen LogP) is 3.01. The van der Waals surface area contributed by atoms with E-state index in [1.54, 1.807) is 39.3 Å². The minimum Gasteiger partial charge on any atom is -0.508 e. The van der Waals surface area contributed by atoms with Crippen LogP contribution in [0.3, 0.4) is 0 Å². The van der Waals surface area contributed by atoms with Crippen LogP contribution < -0.4 is 16.1 Å². The SMILES string of the molecule is CCn1c(-c2cnccc2COC)c2c3cc(ccc31)-c1cc(O)cc(c1)C[C@H](NC(=O)[C@H](C(C)C)N(C)C(=O)CN(C)C(=O)CN1C[C@@H]3N[C@@H]3C1=O)C(=O)N1CCC[C@H](N1)C(=O)OCC(C)(C)C2. The number of fused-ring (bicyclic) bond motifs is 7. The highest BCUT2D eigenvalue weighted by molar-refractivity contribution is 5.97. The molecule has 4 aromatic rings. The van der Waals surface area contributed by atoms with Gasteiger partial charge in [0.25, 0.3) is 5.91 Å². The molecule has 0 unspecified atom stereocenters. The molecule has 18 nitrogen and oxygen atoms in total. The molecule has 18 heteroatoms. The van der Waals surface area contributed by atoms with E-state index in [9.17, 15) is 33.9 Å². The van der Waals surface area contributed by atoms with E-state index in [4.69, 9.17) is 9.47 Å². The number of phenols is 1. The second-order valence-corrected chi connectivity index (χ2v) is 20.1. The Morgan fingerprint density at radius 3 is 2.54 bits per heavy atom. The van der Waals surface area contributed by atoms with Crippen molar-refractivity contribution in [3.63, 3.8) is 0 Å². The van der Waals surface area contributed by atoms with Crippen LogP contribution >= 0.6 is 0 Å². The van der Waals surface area contributed by atoms with Crippen LogP contribution in [0.2, 0.25) is 0 Å². The van der Waals surface area contributed by atoms with Gasteiger partial charge in [-0.1, -0.05) is 39.8 Å². The van der Waals surface area contributed by atoms with Crippen molar-refractivity contribution in [1.82, 2.24) is 45.3 Å². The number of benzene rings is 2. The Bertz CT molecular complexity index is 2660. The van der Waals surface area contributed by atoms with Gasteiger partial charge in [0.1, 0.15) is 29.9 Å². The summed E-state index contributed by atoms with van der Waals surface area (Å²) in [5.74, 6) is -3.13.